The Morgan fingerprint density at radius 2 is 2.06 bits per heavy atom. The average molecular weight is 228 g/mol. The standard InChI is InChI=1S/C14H16N2O/c17-14(11-4-2-1-3-5-11)16-15-13-9-10-6-7-12(13)8-10/h1-5,10,12H,6-9H2,(H,16,17). The van der Waals surface area contributed by atoms with E-state index in [0.717, 1.165) is 12.3 Å². The topological polar surface area (TPSA) is 41.5 Å². The highest BCUT2D eigenvalue weighted by Crippen LogP contribution is 2.42. The van der Waals surface area contributed by atoms with Crippen LogP contribution in [0.5, 0.6) is 0 Å². The Balaban J connectivity index is 1.65. The number of hydrogen-bond donors (Lipinski definition) is 1. The molecule has 2 atom stereocenters. The third kappa shape index (κ3) is 2.09. The fourth-order valence-corrected chi connectivity index (χ4v) is 2.94. The molecule has 0 spiro atoms. The summed E-state index contributed by atoms with van der Waals surface area (Å²) in [6, 6.07) is 9.23. The highest BCUT2D eigenvalue weighted by molar-refractivity contribution is 5.96. The van der Waals surface area contributed by atoms with Gasteiger partial charge >= 0.3 is 0 Å². The van der Waals surface area contributed by atoms with Crippen LogP contribution < -0.4 is 5.43 Å². The molecule has 2 saturated carbocycles. The zero-order chi connectivity index (χ0) is 11.7. The van der Waals surface area contributed by atoms with Gasteiger partial charge in [-0.2, -0.15) is 5.10 Å². The minimum Gasteiger partial charge on any atom is -0.267 e. The van der Waals surface area contributed by atoms with Gasteiger partial charge in [-0.05, 0) is 49.7 Å². The lowest BCUT2D eigenvalue weighted by atomic mass is 9.99. The second-order valence-corrected chi connectivity index (χ2v) is 4.99. The number of carbonyl (C=O) groups is 1. The molecule has 0 radical (unpaired) electrons. The van der Waals surface area contributed by atoms with Crippen LogP contribution in [-0.2, 0) is 0 Å². The number of nitrogens with one attached hydrogen (secondary N) is 1. The first-order valence-corrected chi connectivity index (χ1v) is 6.25. The number of hydrazone groups is 1. The molecule has 2 aliphatic rings. The molecule has 0 heterocycles. The van der Waals surface area contributed by atoms with E-state index in [1.807, 2.05) is 18.2 Å². The van der Waals surface area contributed by atoms with Crippen LogP contribution in [0.15, 0.2) is 35.4 Å². The number of hydrogen-bond acceptors (Lipinski definition) is 2. The molecule has 1 N–H and O–H groups in total. The van der Waals surface area contributed by atoms with Gasteiger partial charge in [0.25, 0.3) is 5.91 Å². The van der Waals surface area contributed by atoms with Crippen LogP contribution in [0.3, 0.4) is 0 Å². The maximum Gasteiger partial charge on any atom is 0.271 e. The number of rotatable bonds is 2. The van der Waals surface area contributed by atoms with Crippen LogP contribution in [0, 0.1) is 11.8 Å². The summed E-state index contributed by atoms with van der Waals surface area (Å²) in [6.07, 6.45) is 4.96. The van der Waals surface area contributed by atoms with Crippen molar-refractivity contribution < 1.29 is 4.79 Å². The Morgan fingerprint density at radius 1 is 1.24 bits per heavy atom. The van der Waals surface area contributed by atoms with Gasteiger partial charge in [-0.15, -0.1) is 0 Å². The third-order valence-corrected chi connectivity index (χ3v) is 3.85. The molecule has 3 nitrogen and oxygen atoms in total. The molecular weight excluding hydrogens is 212 g/mol. The van der Waals surface area contributed by atoms with E-state index >= 15 is 0 Å². The molecule has 17 heavy (non-hydrogen) atoms. The molecule has 1 aromatic carbocycles. The highest BCUT2D eigenvalue weighted by atomic mass is 16.2. The van der Waals surface area contributed by atoms with Crippen LogP contribution in [0.25, 0.3) is 0 Å². The number of fused-ring (bicyclic) bond motifs is 2. The van der Waals surface area contributed by atoms with Crippen molar-refractivity contribution >= 4 is 11.6 Å². The van der Waals surface area contributed by atoms with Crippen molar-refractivity contribution in [3.05, 3.63) is 35.9 Å². The molecule has 0 aromatic heterocycles. The van der Waals surface area contributed by atoms with Gasteiger partial charge in [0.2, 0.25) is 0 Å². The Morgan fingerprint density at radius 3 is 2.71 bits per heavy atom. The van der Waals surface area contributed by atoms with E-state index in [-0.39, 0.29) is 5.91 Å². The lowest BCUT2D eigenvalue weighted by Gasteiger charge is -2.11. The zero-order valence-electron chi connectivity index (χ0n) is 9.73. The molecule has 2 aliphatic carbocycles. The van der Waals surface area contributed by atoms with E-state index < -0.39 is 0 Å². The summed E-state index contributed by atoms with van der Waals surface area (Å²) in [4.78, 5) is 11.8. The molecule has 0 aliphatic heterocycles. The fraction of sp³-hybridized carbons (Fsp3) is 0.429. The van der Waals surface area contributed by atoms with Crippen LogP contribution in [0.4, 0.5) is 0 Å². The first-order valence-electron chi connectivity index (χ1n) is 6.25. The van der Waals surface area contributed by atoms with Crippen LogP contribution in [0.2, 0.25) is 0 Å². The van der Waals surface area contributed by atoms with Crippen molar-refractivity contribution in [2.45, 2.75) is 25.7 Å². The van der Waals surface area contributed by atoms with Gasteiger partial charge in [-0.3, -0.25) is 4.79 Å². The van der Waals surface area contributed by atoms with Gasteiger partial charge in [0.1, 0.15) is 0 Å². The van der Waals surface area contributed by atoms with Gasteiger partial charge in [0.15, 0.2) is 0 Å². The summed E-state index contributed by atoms with van der Waals surface area (Å²) in [7, 11) is 0. The molecule has 1 aromatic rings. The summed E-state index contributed by atoms with van der Waals surface area (Å²) < 4.78 is 0. The molecule has 2 fully saturated rings. The van der Waals surface area contributed by atoms with E-state index in [2.05, 4.69) is 10.5 Å². The molecule has 3 heteroatoms. The lowest BCUT2D eigenvalue weighted by Crippen LogP contribution is -2.21. The summed E-state index contributed by atoms with van der Waals surface area (Å²) in [5.41, 5.74) is 4.54. The van der Waals surface area contributed by atoms with Gasteiger partial charge < -0.3 is 0 Å². The van der Waals surface area contributed by atoms with Crippen molar-refractivity contribution in [2.24, 2.45) is 16.9 Å². The predicted octanol–water partition coefficient (Wildman–Crippen LogP) is 2.59. The van der Waals surface area contributed by atoms with Crippen molar-refractivity contribution in [3.63, 3.8) is 0 Å². The third-order valence-electron chi connectivity index (χ3n) is 3.85. The first-order chi connectivity index (χ1) is 8.33. The van der Waals surface area contributed by atoms with Crippen molar-refractivity contribution in [2.75, 3.05) is 0 Å². The van der Waals surface area contributed by atoms with E-state index in [1.54, 1.807) is 12.1 Å². The second kappa shape index (κ2) is 4.32. The quantitative estimate of drug-likeness (QED) is 0.777. The summed E-state index contributed by atoms with van der Waals surface area (Å²) in [5, 5.41) is 4.30. The molecule has 2 bridgehead atoms. The number of carbonyl (C=O) groups excluding carboxylic acids is 1. The van der Waals surface area contributed by atoms with Crippen molar-refractivity contribution in [3.8, 4) is 0 Å². The maximum atomic E-state index is 11.8. The van der Waals surface area contributed by atoms with Gasteiger partial charge in [0, 0.05) is 11.3 Å². The largest absolute Gasteiger partial charge is 0.271 e. The molecule has 2 unspecified atom stereocenters. The van der Waals surface area contributed by atoms with Crippen molar-refractivity contribution in [1.29, 1.82) is 0 Å². The Hall–Kier alpha value is -1.64. The minimum absolute atomic E-state index is 0.110. The maximum absolute atomic E-state index is 11.8. The molecule has 0 saturated heterocycles. The fourth-order valence-electron chi connectivity index (χ4n) is 2.94. The van der Waals surface area contributed by atoms with E-state index in [9.17, 15) is 4.79 Å². The van der Waals surface area contributed by atoms with Crippen LogP contribution >= 0.6 is 0 Å². The Bertz CT molecular complexity index is 453. The number of benzene rings is 1. The Kier molecular flexibility index (Phi) is 2.67. The molecule has 3 rings (SSSR count). The van der Waals surface area contributed by atoms with Crippen molar-refractivity contribution in [1.82, 2.24) is 5.43 Å². The molecule has 1 amide bonds. The Labute approximate surface area is 101 Å². The summed E-state index contributed by atoms with van der Waals surface area (Å²) >= 11 is 0. The summed E-state index contributed by atoms with van der Waals surface area (Å²) in [5.74, 6) is 1.35. The SMILES string of the molecule is O=C(NN=C1CC2CCC1C2)c1ccccc1. The van der Waals surface area contributed by atoms with E-state index in [4.69, 9.17) is 0 Å². The van der Waals surface area contributed by atoms with Gasteiger partial charge in [-0.1, -0.05) is 18.2 Å². The van der Waals surface area contributed by atoms with E-state index in [1.165, 1.54) is 25.0 Å². The van der Waals surface area contributed by atoms with E-state index in [0.29, 0.717) is 11.5 Å². The smallest absolute Gasteiger partial charge is 0.267 e. The minimum atomic E-state index is -0.110. The zero-order valence-corrected chi connectivity index (χ0v) is 9.73. The second-order valence-electron chi connectivity index (χ2n) is 4.99. The predicted molar refractivity (Wildman–Crippen MR) is 66.8 cm³/mol. The van der Waals surface area contributed by atoms with Gasteiger partial charge in [-0.25, -0.2) is 5.43 Å². The lowest BCUT2D eigenvalue weighted by molar-refractivity contribution is 0.0954. The number of nitrogens with zero attached hydrogens (tertiary/aromatic N) is 1. The monoisotopic (exact) mass is 228 g/mol. The normalized spacial score (nSPS) is 28.6. The average Bonchev–Trinajstić information content (AvgIpc) is 2.99. The number of amides is 1. The first kappa shape index (κ1) is 10.5. The van der Waals surface area contributed by atoms with Crippen LogP contribution in [0.1, 0.15) is 36.0 Å². The summed E-state index contributed by atoms with van der Waals surface area (Å²) in [6.45, 7) is 0. The van der Waals surface area contributed by atoms with Gasteiger partial charge in [0.05, 0.1) is 0 Å². The molecular formula is C14H16N2O. The van der Waals surface area contributed by atoms with Crippen LogP contribution in [-0.4, -0.2) is 11.6 Å². The highest BCUT2D eigenvalue weighted by Gasteiger charge is 2.36. The molecule has 88 valence electrons.